The second kappa shape index (κ2) is 4.98. The Kier molecular flexibility index (Phi) is 3.60. The van der Waals surface area contributed by atoms with Crippen LogP contribution in [-0.2, 0) is 0 Å². The minimum atomic E-state index is -0.630. The van der Waals surface area contributed by atoms with Crippen LogP contribution in [0.5, 0.6) is 0 Å². The van der Waals surface area contributed by atoms with Crippen molar-refractivity contribution in [2.75, 3.05) is 0 Å². The zero-order chi connectivity index (χ0) is 12.4. The largest absolute Gasteiger partial charge is 0.291 e. The molecule has 0 bridgehead atoms. The van der Waals surface area contributed by atoms with Gasteiger partial charge in [-0.05, 0) is 19.4 Å². The molecule has 0 saturated carbocycles. The Labute approximate surface area is 109 Å². The molecule has 0 N–H and O–H groups in total. The summed E-state index contributed by atoms with van der Waals surface area (Å²) in [6.45, 7) is 3.73. The monoisotopic (exact) mass is 265 g/mol. The van der Waals surface area contributed by atoms with Gasteiger partial charge < -0.3 is 0 Å². The molecule has 0 radical (unpaired) electrons. The van der Waals surface area contributed by atoms with Gasteiger partial charge in [-0.2, -0.15) is 0 Å². The molecule has 17 heavy (non-hydrogen) atoms. The molecule has 0 spiro atoms. The van der Waals surface area contributed by atoms with Gasteiger partial charge in [-0.15, -0.1) is 22.9 Å². The smallest absolute Gasteiger partial charge is 0.196 e. The van der Waals surface area contributed by atoms with E-state index in [0.29, 0.717) is 4.88 Å². The predicted octanol–water partition coefficient (Wildman–Crippen LogP) is 3.92. The van der Waals surface area contributed by atoms with Crippen molar-refractivity contribution >= 4 is 28.7 Å². The summed E-state index contributed by atoms with van der Waals surface area (Å²) in [5, 5.41) is 0.262. The summed E-state index contributed by atoms with van der Waals surface area (Å²) < 4.78 is 0. The van der Waals surface area contributed by atoms with Crippen LogP contribution >= 0.6 is 22.9 Å². The molecule has 4 heteroatoms. The normalized spacial score (nSPS) is 12.4. The van der Waals surface area contributed by atoms with Crippen molar-refractivity contribution in [3.05, 3.63) is 51.5 Å². The molecule has 2 nitrogen and oxygen atoms in total. The van der Waals surface area contributed by atoms with Crippen LogP contribution in [0.3, 0.4) is 0 Å². The number of benzene rings is 1. The van der Waals surface area contributed by atoms with Gasteiger partial charge in [-0.3, -0.25) is 4.79 Å². The number of halogens is 1. The molecular weight excluding hydrogens is 254 g/mol. The van der Waals surface area contributed by atoms with Crippen molar-refractivity contribution in [2.24, 2.45) is 0 Å². The lowest BCUT2D eigenvalue weighted by Gasteiger charge is -2.07. The Bertz CT molecular complexity index is 536. The first-order chi connectivity index (χ1) is 8.09. The number of carbonyl (C=O) groups excluding carboxylic acids is 1. The first-order valence-corrected chi connectivity index (χ1v) is 6.52. The third-order valence-corrected chi connectivity index (χ3v) is 3.99. The van der Waals surface area contributed by atoms with Gasteiger partial charge in [0.1, 0.15) is 5.38 Å². The Hall–Kier alpha value is -1.19. The minimum Gasteiger partial charge on any atom is -0.291 e. The van der Waals surface area contributed by atoms with Crippen LogP contribution in [0, 0.1) is 13.8 Å². The third-order valence-electron chi connectivity index (χ3n) is 2.45. The number of nitrogens with zero attached hydrogens (tertiary/aromatic N) is 1. The Morgan fingerprint density at radius 2 is 1.94 bits per heavy atom. The Balaban J connectivity index is 2.30. The van der Waals surface area contributed by atoms with Gasteiger partial charge in [0.15, 0.2) is 5.78 Å². The maximum absolute atomic E-state index is 12.2. The molecule has 1 heterocycles. The quantitative estimate of drug-likeness (QED) is 0.622. The van der Waals surface area contributed by atoms with Gasteiger partial charge in [-0.1, -0.05) is 30.3 Å². The van der Waals surface area contributed by atoms with E-state index in [0.717, 1.165) is 16.3 Å². The van der Waals surface area contributed by atoms with E-state index in [2.05, 4.69) is 4.98 Å². The van der Waals surface area contributed by atoms with Crippen LogP contribution in [0.25, 0.3) is 0 Å². The Morgan fingerprint density at radius 3 is 2.47 bits per heavy atom. The molecule has 0 aliphatic carbocycles. The molecule has 1 unspecified atom stereocenters. The van der Waals surface area contributed by atoms with Crippen LogP contribution in [0.4, 0.5) is 0 Å². The van der Waals surface area contributed by atoms with Crippen LogP contribution in [0.1, 0.15) is 31.3 Å². The lowest BCUT2D eigenvalue weighted by atomic mass is 10.1. The molecule has 0 aliphatic heterocycles. The van der Waals surface area contributed by atoms with Crippen LogP contribution in [0.2, 0.25) is 0 Å². The highest BCUT2D eigenvalue weighted by atomic mass is 35.5. The van der Waals surface area contributed by atoms with Crippen LogP contribution < -0.4 is 0 Å². The topological polar surface area (TPSA) is 30.0 Å². The fraction of sp³-hybridized carbons (Fsp3) is 0.231. The number of rotatable bonds is 3. The highest BCUT2D eigenvalue weighted by Crippen LogP contribution is 2.29. The molecule has 0 saturated heterocycles. The number of hydrogen-bond donors (Lipinski definition) is 0. The van der Waals surface area contributed by atoms with Crippen molar-refractivity contribution < 1.29 is 4.79 Å². The summed E-state index contributed by atoms with van der Waals surface area (Å²) in [6.07, 6.45) is 0. The maximum Gasteiger partial charge on any atom is 0.196 e. The van der Waals surface area contributed by atoms with E-state index in [1.807, 2.05) is 44.2 Å². The number of alkyl halides is 1. The summed E-state index contributed by atoms with van der Waals surface area (Å²) in [6, 6.07) is 9.38. The van der Waals surface area contributed by atoms with E-state index >= 15 is 0 Å². The van der Waals surface area contributed by atoms with E-state index < -0.39 is 5.38 Å². The molecule has 1 aromatic carbocycles. The number of hydrogen-bond acceptors (Lipinski definition) is 3. The number of Topliss-reactive ketones (excluding diaryl/α,β-unsaturated/α-hetero) is 1. The zero-order valence-corrected chi connectivity index (χ0v) is 11.2. The summed E-state index contributed by atoms with van der Waals surface area (Å²) in [5.41, 5.74) is 1.59. The SMILES string of the molecule is Cc1nc(C)c(C(=O)C(Cl)c2ccccc2)s1. The Morgan fingerprint density at radius 1 is 1.29 bits per heavy atom. The standard InChI is InChI=1S/C13H12ClNOS/c1-8-13(17-9(2)15-8)12(16)11(14)10-6-4-3-5-7-10/h3-7,11H,1-2H3. The summed E-state index contributed by atoms with van der Waals surface area (Å²) in [4.78, 5) is 17.1. The minimum absolute atomic E-state index is 0.0685. The van der Waals surface area contributed by atoms with E-state index in [1.54, 1.807) is 0 Å². The van der Waals surface area contributed by atoms with Crippen LogP contribution in [-0.4, -0.2) is 10.8 Å². The van der Waals surface area contributed by atoms with Crippen LogP contribution in [0.15, 0.2) is 30.3 Å². The number of aryl methyl sites for hydroxylation is 2. The fourth-order valence-corrected chi connectivity index (χ4v) is 2.86. The van der Waals surface area contributed by atoms with Crippen molar-refractivity contribution in [1.29, 1.82) is 0 Å². The van der Waals surface area contributed by atoms with E-state index in [9.17, 15) is 4.79 Å². The third kappa shape index (κ3) is 2.56. The zero-order valence-electron chi connectivity index (χ0n) is 9.61. The highest BCUT2D eigenvalue weighted by Gasteiger charge is 2.23. The van der Waals surface area contributed by atoms with E-state index in [-0.39, 0.29) is 5.78 Å². The number of thiazole rings is 1. The molecule has 0 amide bonds. The predicted molar refractivity (Wildman–Crippen MR) is 71.0 cm³/mol. The number of aromatic nitrogens is 1. The highest BCUT2D eigenvalue weighted by molar-refractivity contribution is 7.13. The maximum atomic E-state index is 12.2. The van der Waals surface area contributed by atoms with Crippen molar-refractivity contribution in [2.45, 2.75) is 19.2 Å². The van der Waals surface area contributed by atoms with Crippen molar-refractivity contribution in [3.8, 4) is 0 Å². The first kappa shape index (κ1) is 12.3. The molecule has 2 rings (SSSR count). The summed E-state index contributed by atoms with van der Waals surface area (Å²) in [7, 11) is 0. The second-order valence-electron chi connectivity index (χ2n) is 3.78. The molecule has 0 fully saturated rings. The average Bonchev–Trinajstić information content (AvgIpc) is 2.68. The molecule has 1 atom stereocenters. The summed E-state index contributed by atoms with van der Waals surface area (Å²) in [5.74, 6) is -0.0685. The summed E-state index contributed by atoms with van der Waals surface area (Å²) >= 11 is 7.60. The average molecular weight is 266 g/mol. The molecule has 0 aliphatic rings. The molecule has 2 aromatic rings. The van der Waals surface area contributed by atoms with E-state index in [4.69, 9.17) is 11.6 Å². The number of ketones is 1. The van der Waals surface area contributed by atoms with Gasteiger partial charge >= 0.3 is 0 Å². The lowest BCUT2D eigenvalue weighted by molar-refractivity contribution is 0.0990. The van der Waals surface area contributed by atoms with Gasteiger partial charge in [0.2, 0.25) is 0 Å². The van der Waals surface area contributed by atoms with Gasteiger partial charge in [0.05, 0.1) is 15.6 Å². The molecule has 1 aromatic heterocycles. The fourth-order valence-electron chi connectivity index (χ4n) is 1.65. The number of carbonyl (C=O) groups is 1. The van der Waals surface area contributed by atoms with Gasteiger partial charge in [0.25, 0.3) is 0 Å². The second-order valence-corrected chi connectivity index (χ2v) is 5.42. The van der Waals surface area contributed by atoms with Crippen molar-refractivity contribution in [1.82, 2.24) is 4.98 Å². The molecular formula is C13H12ClNOS. The lowest BCUT2D eigenvalue weighted by Crippen LogP contribution is -2.07. The van der Waals surface area contributed by atoms with Crippen molar-refractivity contribution in [3.63, 3.8) is 0 Å². The first-order valence-electron chi connectivity index (χ1n) is 5.27. The van der Waals surface area contributed by atoms with Gasteiger partial charge in [0, 0.05) is 0 Å². The van der Waals surface area contributed by atoms with Gasteiger partial charge in [-0.25, -0.2) is 4.98 Å². The molecule has 88 valence electrons. The van der Waals surface area contributed by atoms with E-state index in [1.165, 1.54) is 11.3 Å².